The van der Waals surface area contributed by atoms with Crippen molar-refractivity contribution in [3.8, 4) is 0 Å². The first-order valence-corrected chi connectivity index (χ1v) is 10.8. The summed E-state index contributed by atoms with van der Waals surface area (Å²) < 4.78 is 35.0. The number of hydrogen-bond donors (Lipinski definition) is 3. The third-order valence-electron chi connectivity index (χ3n) is 5.38. The zero-order valence-electron chi connectivity index (χ0n) is 15.8. The maximum atomic E-state index is 12.5. The largest absolute Gasteiger partial charge is 0.418 e. The number of nitrogens with one attached hydrogen (secondary N) is 2. The summed E-state index contributed by atoms with van der Waals surface area (Å²) in [5.74, 6) is -0.188. The fourth-order valence-electron chi connectivity index (χ4n) is 4.06. The molecule has 16 heteroatoms. The first kappa shape index (κ1) is 20.9. The number of hydroxylamine groups is 3. The standard InChI is InChI=1S/C14H22N8O7S/c23-13(12-2-1-11-6-20(12)14(24)22(11)29-30(25,26)27)18-28-7-10-3-9(4-15-10)5-21-17-8-16-19-21/h8-12,15H,1-7H2,(H,18,23)(H,25,26,27)/t9-,10-,11?,12?/m0/s1. The van der Waals surface area contributed by atoms with Crippen LogP contribution < -0.4 is 10.8 Å². The highest BCUT2D eigenvalue weighted by Gasteiger charge is 2.49. The van der Waals surface area contributed by atoms with Crippen molar-refractivity contribution in [1.29, 1.82) is 0 Å². The van der Waals surface area contributed by atoms with Gasteiger partial charge in [0.1, 0.15) is 6.04 Å². The SMILES string of the molecule is O=C(NOC[C@@H]1C[C@H](Cn2ncnn2)CN1)C1CCC2CN1C(=O)N2OS(=O)(=O)O. The van der Waals surface area contributed by atoms with E-state index in [1.54, 1.807) is 0 Å². The van der Waals surface area contributed by atoms with Gasteiger partial charge in [0.15, 0.2) is 6.33 Å². The summed E-state index contributed by atoms with van der Waals surface area (Å²) in [7, 11) is -4.83. The van der Waals surface area contributed by atoms with Gasteiger partial charge in [-0.3, -0.25) is 14.2 Å². The van der Waals surface area contributed by atoms with E-state index in [4.69, 9.17) is 9.39 Å². The highest BCUT2D eigenvalue weighted by molar-refractivity contribution is 7.80. The van der Waals surface area contributed by atoms with Crippen LogP contribution in [0.1, 0.15) is 19.3 Å². The fourth-order valence-corrected chi connectivity index (χ4v) is 4.45. The number of rotatable bonds is 8. The summed E-state index contributed by atoms with van der Waals surface area (Å²) in [6.45, 7) is 1.76. The molecule has 30 heavy (non-hydrogen) atoms. The van der Waals surface area contributed by atoms with Crippen LogP contribution in [0.15, 0.2) is 6.33 Å². The predicted molar refractivity (Wildman–Crippen MR) is 95.2 cm³/mol. The van der Waals surface area contributed by atoms with Crippen molar-refractivity contribution in [2.45, 2.75) is 43.9 Å². The van der Waals surface area contributed by atoms with Gasteiger partial charge < -0.3 is 10.2 Å². The van der Waals surface area contributed by atoms with E-state index in [9.17, 15) is 18.0 Å². The van der Waals surface area contributed by atoms with Crippen molar-refractivity contribution in [3.05, 3.63) is 6.33 Å². The molecule has 4 heterocycles. The topological polar surface area (TPSA) is 181 Å². The summed E-state index contributed by atoms with van der Waals surface area (Å²) in [4.78, 5) is 32.9. The Morgan fingerprint density at radius 2 is 2.23 bits per heavy atom. The average Bonchev–Trinajstić information content (AvgIpc) is 3.40. The summed E-state index contributed by atoms with van der Waals surface area (Å²) in [5, 5.41) is 15.4. The minimum atomic E-state index is -4.83. The van der Waals surface area contributed by atoms with Gasteiger partial charge in [-0.2, -0.15) is 18.3 Å². The molecule has 0 radical (unpaired) electrons. The molecule has 0 aromatic carbocycles. The molecule has 3 N–H and O–H groups in total. The molecular formula is C14H22N8O7S. The van der Waals surface area contributed by atoms with Crippen LogP contribution in [-0.4, -0.2) is 92.9 Å². The number of amides is 3. The number of urea groups is 1. The lowest BCUT2D eigenvalue weighted by Gasteiger charge is -2.29. The average molecular weight is 446 g/mol. The van der Waals surface area contributed by atoms with Gasteiger partial charge in [0, 0.05) is 19.1 Å². The van der Waals surface area contributed by atoms with Crippen molar-refractivity contribution < 1.29 is 31.7 Å². The Morgan fingerprint density at radius 3 is 2.97 bits per heavy atom. The maximum Gasteiger partial charge on any atom is 0.418 e. The molecule has 1 aromatic heterocycles. The number of fused-ring (bicyclic) bond motifs is 2. The van der Waals surface area contributed by atoms with E-state index in [1.807, 2.05) is 0 Å². The Bertz CT molecular complexity index is 881. The van der Waals surface area contributed by atoms with Crippen LogP contribution in [0.25, 0.3) is 0 Å². The van der Waals surface area contributed by atoms with Crippen LogP contribution >= 0.6 is 0 Å². The van der Waals surface area contributed by atoms with E-state index in [0.29, 0.717) is 30.4 Å². The minimum absolute atomic E-state index is 0.0432. The van der Waals surface area contributed by atoms with Crippen molar-refractivity contribution in [2.24, 2.45) is 5.92 Å². The number of nitrogens with zero attached hydrogens (tertiary/aromatic N) is 6. The van der Waals surface area contributed by atoms with E-state index in [0.717, 1.165) is 13.0 Å². The summed E-state index contributed by atoms with van der Waals surface area (Å²) in [6.07, 6.45) is 2.85. The highest BCUT2D eigenvalue weighted by Crippen LogP contribution is 2.30. The Kier molecular flexibility index (Phi) is 5.83. The van der Waals surface area contributed by atoms with Crippen molar-refractivity contribution in [2.75, 3.05) is 19.7 Å². The molecule has 3 saturated heterocycles. The Hall–Kier alpha value is -2.40. The number of aromatic nitrogens is 4. The molecule has 3 fully saturated rings. The van der Waals surface area contributed by atoms with Crippen LogP contribution in [0.5, 0.6) is 0 Å². The molecule has 0 saturated carbocycles. The van der Waals surface area contributed by atoms with Crippen molar-refractivity contribution >= 4 is 22.3 Å². The number of tetrazole rings is 1. The van der Waals surface area contributed by atoms with Crippen LogP contribution in [0.2, 0.25) is 0 Å². The van der Waals surface area contributed by atoms with Crippen LogP contribution in [-0.2, 0) is 30.9 Å². The molecule has 1 aromatic rings. The quantitative estimate of drug-likeness (QED) is 0.288. The first-order chi connectivity index (χ1) is 14.3. The zero-order valence-corrected chi connectivity index (χ0v) is 16.6. The maximum absolute atomic E-state index is 12.5. The monoisotopic (exact) mass is 446 g/mol. The smallest absolute Gasteiger partial charge is 0.311 e. The molecule has 0 aliphatic carbocycles. The molecule has 3 aliphatic rings. The van der Waals surface area contributed by atoms with Gasteiger partial charge in [0.25, 0.3) is 5.91 Å². The summed E-state index contributed by atoms with van der Waals surface area (Å²) >= 11 is 0. The molecule has 15 nitrogen and oxygen atoms in total. The van der Waals surface area contributed by atoms with Gasteiger partial charge >= 0.3 is 16.4 Å². The van der Waals surface area contributed by atoms with Gasteiger partial charge in [-0.1, -0.05) is 0 Å². The number of carbonyl (C=O) groups is 2. The molecule has 3 amide bonds. The second-order valence-corrected chi connectivity index (χ2v) is 8.49. The lowest BCUT2D eigenvalue weighted by atomic mass is 10.0. The molecule has 2 bridgehead atoms. The predicted octanol–water partition coefficient (Wildman–Crippen LogP) is -2.30. The summed E-state index contributed by atoms with van der Waals surface area (Å²) in [6, 6.07) is -2.12. The molecule has 4 atom stereocenters. The number of piperidine rings is 1. The number of carbonyl (C=O) groups excluding carboxylic acids is 2. The normalized spacial score (nSPS) is 28.9. The van der Waals surface area contributed by atoms with E-state index in [1.165, 1.54) is 16.0 Å². The summed E-state index contributed by atoms with van der Waals surface area (Å²) in [5.41, 5.74) is 2.37. The van der Waals surface area contributed by atoms with Crippen molar-refractivity contribution in [3.63, 3.8) is 0 Å². The molecule has 0 spiro atoms. The zero-order chi connectivity index (χ0) is 21.3. The minimum Gasteiger partial charge on any atom is -0.311 e. The van der Waals surface area contributed by atoms with E-state index < -0.39 is 34.4 Å². The van der Waals surface area contributed by atoms with Crippen LogP contribution in [0.4, 0.5) is 4.79 Å². The first-order valence-electron chi connectivity index (χ1n) is 9.43. The van der Waals surface area contributed by atoms with E-state index in [-0.39, 0.29) is 19.2 Å². The van der Waals surface area contributed by atoms with E-state index >= 15 is 0 Å². The Balaban J connectivity index is 1.22. The van der Waals surface area contributed by atoms with Gasteiger partial charge in [-0.25, -0.2) is 10.3 Å². The third-order valence-corrected chi connectivity index (χ3v) is 5.73. The second-order valence-electron chi connectivity index (χ2n) is 7.48. The number of hydrogen-bond acceptors (Lipinski definition) is 10. The molecule has 2 unspecified atom stereocenters. The van der Waals surface area contributed by atoms with Crippen LogP contribution in [0, 0.1) is 5.92 Å². The fraction of sp³-hybridized carbons (Fsp3) is 0.786. The van der Waals surface area contributed by atoms with E-state index in [2.05, 4.69) is 30.5 Å². The highest BCUT2D eigenvalue weighted by atomic mass is 32.3. The van der Waals surface area contributed by atoms with Crippen LogP contribution in [0.3, 0.4) is 0 Å². The molecular weight excluding hydrogens is 424 g/mol. The molecule has 3 aliphatic heterocycles. The van der Waals surface area contributed by atoms with Gasteiger partial charge in [0.05, 0.1) is 19.2 Å². The molecule has 166 valence electrons. The lowest BCUT2D eigenvalue weighted by Crippen LogP contribution is -2.50. The molecule has 4 rings (SSSR count). The van der Waals surface area contributed by atoms with Gasteiger partial charge in [-0.15, -0.1) is 14.5 Å². The second kappa shape index (κ2) is 8.38. The Morgan fingerprint density at radius 1 is 1.40 bits per heavy atom. The van der Waals surface area contributed by atoms with Crippen molar-refractivity contribution in [1.82, 2.24) is 41.0 Å². The third kappa shape index (κ3) is 4.67. The van der Waals surface area contributed by atoms with Gasteiger partial charge in [-0.05, 0) is 30.4 Å². The Labute approximate surface area is 171 Å². The lowest BCUT2D eigenvalue weighted by molar-refractivity contribution is -0.139. The van der Waals surface area contributed by atoms with Gasteiger partial charge in [0.2, 0.25) is 0 Å².